The van der Waals surface area contributed by atoms with E-state index in [1.807, 2.05) is 13.8 Å². The Morgan fingerprint density at radius 1 is 1.00 bits per heavy atom. The Bertz CT molecular complexity index is 187. The minimum atomic E-state index is 0. The summed E-state index contributed by atoms with van der Waals surface area (Å²) in [5.74, 6) is 0. The van der Waals surface area contributed by atoms with E-state index in [-0.39, 0.29) is 58.2 Å². The zero-order valence-electron chi connectivity index (χ0n) is 9.65. The van der Waals surface area contributed by atoms with Gasteiger partial charge in [0.2, 0.25) is 0 Å². The van der Waals surface area contributed by atoms with Crippen molar-refractivity contribution in [3.8, 4) is 0 Å². The third kappa shape index (κ3) is 7.01. The van der Waals surface area contributed by atoms with E-state index >= 15 is 0 Å². The van der Waals surface area contributed by atoms with Crippen LogP contribution in [0.1, 0.15) is 38.8 Å². The van der Waals surface area contributed by atoms with Crippen molar-refractivity contribution in [1.29, 1.82) is 0 Å². The summed E-state index contributed by atoms with van der Waals surface area (Å²) in [4.78, 5) is 0. The first-order valence-electron chi connectivity index (χ1n) is 4.85. The van der Waals surface area contributed by atoms with Gasteiger partial charge in [-0.2, -0.15) is 35.4 Å². The Labute approximate surface area is 132 Å². The summed E-state index contributed by atoms with van der Waals surface area (Å²) in [6, 6.07) is 9.49. The van der Waals surface area contributed by atoms with Gasteiger partial charge in [-0.3, -0.25) is 0 Å². The number of benzene rings is 1. The van der Waals surface area contributed by atoms with Crippen LogP contribution in [0.15, 0.2) is 18.2 Å². The third-order valence-corrected chi connectivity index (χ3v) is 1.72. The third-order valence-electron chi connectivity index (χ3n) is 1.72. The van der Waals surface area contributed by atoms with Crippen LogP contribution < -0.4 is 58.2 Å². The molecule has 0 bridgehead atoms. The Morgan fingerprint density at radius 2 is 1.38 bits per heavy atom. The fourth-order valence-corrected chi connectivity index (χ4v) is 0.985. The molecule has 0 fully saturated rings. The molecule has 0 heterocycles. The van der Waals surface area contributed by atoms with Crippen LogP contribution in [0, 0.1) is 6.07 Å². The summed E-state index contributed by atoms with van der Waals surface area (Å²) < 4.78 is 0. The van der Waals surface area contributed by atoms with Gasteiger partial charge in [0.05, 0.1) is 0 Å². The molecule has 0 nitrogen and oxygen atoms in total. The monoisotopic (exact) mass is 248 g/mol. The predicted octanol–water partition coefficient (Wildman–Crippen LogP) is 0.642. The molecule has 0 aromatic heterocycles. The van der Waals surface area contributed by atoms with Crippen LogP contribution in [-0.4, -0.2) is 0 Å². The average molecular weight is 249 g/mol. The quantitative estimate of drug-likeness (QED) is 0.674. The maximum Gasteiger partial charge on any atom is 1.00 e. The second-order valence-electron chi connectivity index (χ2n) is 2.46. The van der Waals surface area contributed by atoms with Crippen LogP contribution in [0.3, 0.4) is 0 Å². The molecule has 68 valence electrons. The van der Waals surface area contributed by atoms with Gasteiger partial charge in [0.25, 0.3) is 0 Å². The van der Waals surface area contributed by atoms with Crippen molar-refractivity contribution in [2.24, 2.45) is 0 Å². The molecular weight excluding hydrogens is 230 g/mol. The molecule has 0 atom stereocenters. The van der Waals surface area contributed by atoms with Crippen LogP contribution >= 0.6 is 0 Å². The van der Waals surface area contributed by atoms with Crippen molar-refractivity contribution in [3.63, 3.8) is 0 Å². The number of hydrogen-bond donors (Lipinski definition) is 0. The Morgan fingerprint density at radius 3 is 1.69 bits per heavy atom. The summed E-state index contributed by atoms with van der Waals surface area (Å²) in [6.45, 7) is 8.34. The van der Waals surface area contributed by atoms with Gasteiger partial charge in [-0.25, -0.2) is 0 Å². The van der Waals surface area contributed by atoms with E-state index in [1.165, 1.54) is 11.1 Å². The average Bonchev–Trinajstić information content (AvgIpc) is 2.21. The summed E-state index contributed by atoms with van der Waals surface area (Å²) in [5, 5.41) is 0. The fraction of sp³-hybridized carbons (Fsp3) is 0.500. The smallest absolute Gasteiger partial charge is 0.183 e. The zero-order chi connectivity index (χ0) is 9.40. The van der Waals surface area contributed by atoms with Crippen LogP contribution in [0.5, 0.6) is 0 Å². The minimum Gasteiger partial charge on any atom is -0.183 e. The molecule has 0 aliphatic rings. The molecule has 0 amide bonds. The summed E-state index contributed by atoms with van der Waals surface area (Å²) >= 11 is 0. The van der Waals surface area contributed by atoms with Gasteiger partial charge in [0.1, 0.15) is 0 Å². The molecule has 13 heavy (non-hydrogen) atoms. The van der Waals surface area contributed by atoms with Crippen LogP contribution in [0.25, 0.3) is 0 Å². The van der Waals surface area contributed by atoms with E-state index in [4.69, 9.17) is 0 Å². The van der Waals surface area contributed by atoms with Gasteiger partial charge >= 0.3 is 58.2 Å². The molecule has 0 unspecified atom stereocenters. The Balaban J connectivity index is 0. The Kier molecular flexibility index (Phi) is 14.1. The first-order chi connectivity index (χ1) is 5.86. The molecule has 0 N–H and O–H groups in total. The molecule has 1 heteroatoms. The van der Waals surface area contributed by atoms with Crippen molar-refractivity contribution >= 4 is 0 Å². The normalized spacial score (nSPS) is 8.00. The van der Waals surface area contributed by atoms with E-state index in [9.17, 15) is 0 Å². The molecule has 0 aliphatic carbocycles. The second-order valence-corrected chi connectivity index (χ2v) is 2.46. The fourth-order valence-electron chi connectivity index (χ4n) is 0.985. The van der Waals surface area contributed by atoms with Crippen LogP contribution in [0.4, 0.5) is 0 Å². The molecule has 0 spiro atoms. The Hall–Kier alpha value is 1.03. The first-order valence-corrected chi connectivity index (χ1v) is 4.85. The van der Waals surface area contributed by atoms with E-state index in [1.54, 1.807) is 0 Å². The molecule has 1 rings (SSSR count). The summed E-state index contributed by atoms with van der Waals surface area (Å²) in [5.41, 5.74) is 2.78. The molecule has 0 aliphatic heterocycles. The van der Waals surface area contributed by atoms with Crippen LogP contribution in [0.2, 0.25) is 0 Å². The number of rotatable bonds is 2. The maximum absolute atomic E-state index is 3.13. The molecule has 0 saturated heterocycles. The van der Waals surface area contributed by atoms with Gasteiger partial charge in [-0.15, -0.1) is 0 Å². The molecule has 1 aromatic rings. The van der Waals surface area contributed by atoms with Crippen molar-refractivity contribution in [1.82, 2.24) is 0 Å². The van der Waals surface area contributed by atoms with Gasteiger partial charge < -0.3 is 0 Å². The van der Waals surface area contributed by atoms with Crippen molar-refractivity contribution < 1.29 is 58.2 Å². The van der Waals surface area contributed by atoms with Crippen LogP contribution in [-0.2, 0) is 12.8 Å². The summed E-state index contributed by atoms with van der Waals surface area (Å²) in [6.07, 6.45) is 2.23. The van der Waals surface area contributed by atoms with E-state index in [0.717, 1.165) is 12.8 Å². The number of aryl methyl sites for hydroxylation is 2. The molecule has 1 aromatic carbocycles. The van der Waals surface area contributed by atoms with Crippen molar-refractivity contribution in [2.45, 2.75) is 40.5 Å². The van der Waals surface area contributed by atoms with Gasteiger partial charge in [-0.1, -0.05) is 40.5 Å². The zero-order valence-corrected chi connectivity index (χ0v) is 14.6. The molecular formula is C12H19Rb. The minimum absolute atomic E-state index is 0. The largest absolute Gasteiger partial charge is 1.00 e. The molecule has 0 saturated carbocycles. The van der Waals surface area contributed by atoms with Gasteiger partial charge in [0.15, 0.2) is 0 Å². The number of hydrogen-bond acceptors (Lipinski definition) is 0. The standard InChI is InChI=1S/C10H13.C2H6.Rb/c1-3-9-6-5-7-10(4-2)8-9;1-2;/h6-8H,3-4H2,1-2H3;1-2H3;/q-1;;+1. The van der Waals surface area contributed by atoms with E-state index < -0.39 is 0 Å². The maximum atomic E-state index is 3.13. The van der Waals surface area contributed by atoms with Crippen molar-refractivity contribution in [3.05, 3.63) is 35.4 Å². The van der Waals surface area contributed by atoms with E-state index in [2.05, 4.69) is 38.1 Å². The molecule has 0 radical (unpaired) electrons. The van der Waals surface area contributed by atoms with Crippen molar-refractivity contribution in [2.75, 3.05) is 0 Å². The SMILES string of the molecule is CC.CCc1c[c-]cc(CC)c1.[Rb+]. The first kappa shape index (κ1) is 16.5. The van der Waals surface area contributed by atoms with E-state index in [0.29, 0.717) is 0 Å². The predicted molar refractivity (Wildman–Crippen MR) is 55.4 cm³/mol. The second kappa shape index (κ2) is 11.1. The van der Waals surface area contributed by atoms with Gasteiger partial charge in [-0.05, 0) is 0 Å². The summed E-state index contributed by atoms with van der Waals surface area (Å²) in [7, 11) is 0. The topological polar surface area (TPSA) is 0 Å². The van der Waals surface area contributed by atoms with Gasteiger partial charge in [0, 0.05) is 0 Å².